The third-order valence-electron chi connectivity index (χ3n) is 6.24. The first-order valence-corrected chi connectivity index (χ1v) is 13.2. The first-order valence-electron chi connectivity index (χ1n) is 11.8. The Hall–Kier alpha value is -3.44. The number of anilines is 2. The molecule has 0 saturated carbocycles. The second-order valence-electron chi connectivity index (χ2n) is 8.85. The molecule has 0 aromatic heterocycles. The van der Waals surface area contributed by atoms with Crippen LogP contribution >= 0.6 is 0 Å². The van der Waals surface area contributed by atoms with Crippen molar-refractivity contribution in [3.05, 3.63) is 47.5 Å². The summed E-state index contributed by atoms with van der Waals surface area (Å²) in [6.45, 7) is 5.58. The number of piperidine rings is 1. The van der Waals surface area contributed by atoms with Crippen LogP contribution in [0.5, 0.6) is 5.75 Å². The van der Waals surface area contributed by atoms with Crippen molar-refractivity contribution < 1.29 is 32.3 Å². The zero-order chi connectivity index (χ0) is 26.0. The third-order valence-corrected chi connectivity index (χ3v) is 8.25. The summed E-state index contributed by atoms with van der Waals surface area (Å²) in [5.41, 5.74) is 1.79. The number of ether oxygens (including phenoxy) is 2. The summed E-state index contributed by atoms with van der Waals surface area (Å²) in [6.07, 6.45) is 0.353. The van der Waals surface area contributed by atoms with E-state index in [1.54, 1.807) is 51.1 Å². The fraction of sp³-hybridized carbons (Fsp3) is 0.400. The Bertz CT molecular complexity index is 1290. The molecule has 0 spiro atoms. The molecule has 0 radical (unpaired) electrons. The molecular formula is C25H29N3O7S. The lowest BCUT2D eigenvalue weighted by Crippen LogP contribution is -2.44. The largest absolute Gasteiger partial charge is 0.479 e. The molecule has 2 N–H and O–H groups in total. The van der Waals surface area contributed by atoms with Crippen molar-refractivity contribution in [1.29, 1.82) is 0 Å². The van der Waals surface area contributed by atoms with Gasteiger partial charge in [0.1, 0.15) is 5.75 Å². The van der Waals surface area contributed by atoms with Gasteiger partial charge in [0, 0.05) is 24.8 Å². The van der Waals surface area contributed by atoms with Crippen LogP contribution in [0.3, 0.4) is 0 Å². The fourth-order valence-corrected chi connectivity index (χ4v) is 6.03. The van der Waals surface area contributed by atoms with Crippen LogP contribution in [-0.4, -0.2) is 56.3 Å². The van der Waals surface area contributed by atoms with E-state index in [0.717, 1.165) is 0 Å². The number of aryl methyl sites for hydroxylation is 1. The lowest BCUT2D eigenvalue weighted by atomic mass is 9.98. The molecule has 4 rings (SSSR count). The number of rotatable bonds is 6. The van der Waals surface area contributed by atoms with E-state index in [1.807, 2.05) is 0 Å². The van der Waals surface area contributed by atoms with Crippen LogP contribution in [0.15, 0.2) is 41.3 Å². The van der Waals surface area contributed by atoms with Crippen LogP contribution < -0.4 is 15.4 Å². The number of hydrogen-bond acceptors (Lipinski definition) is 7. The molecule has 0 aliphatic carbocycles. The Morgan fingerprint density at radius 2 is 1.94 bits per heavy atom. The summed E-state index contributed by atoms with van der Waals surface area (Å²) in [5.74, 6) is -1.27. The second-order valence-corrected chi connectivity index (χ2v) is 10.8. The van der Waals surface area contributed by atoms with Crippen LogP contribution in [-0.2, 0) is 24.3 Å². The Balaban J connectivity index is 1.47. The second kappa shape index (κ2) is 10.3. The predicted molar refractivity (Wildman–Crippen MR) is 132 cm³/mol. The number of nitrogens with zero attached hydrogens (tertiary/aromatic N) is 1. The maximum absolute atomic E-state index is 13.5. The number of hydrogen-bond donors (Lipinski definition) is 2. The van der Waals surface area contributed by atoms with Gasteiger partial charge in [0.15, 0.2) is 6.10 Å². The molecule has 11 heteroatoms. The zero-order valence-corrected chi connectivity index (χ0v) is 21.2. The van der Waals surface area contributed by atoms with Crippen LogP contribution in [0.1, 0.15) is 42.6 Å². The molecule has 1 saturated heterocycles. The predicted octanol–water partition coefficient (Wildman–Crippen LogP) is 2.93. The molecule has 1 fully saturated rings. The Morgan fingerprint density at radius 3 is 2.64 bits per heavy atom. The van der Waals surface area contributed by atoms with Gasteiger partial charge in [-0.1, -0.05) is 0 Å². The van der Waals surface area contributed by atoms with Crippen molar-refractivity contribution in [1.82, 2.24) is 4.31 Å². The zero-order valence-electron chi connectivity index (χ0n) is 20.4. The van der Waals surface area contributed by atoms with Crippen molar-refractivity contribution >= 4 is 39.2 Å². The molecule has 2 atom stereocenters. The van der Waals surface area contributed by atoms with E-state index >= 15 is 0 Å². The van der Waals surface area contributed by atoms with E-state index in [0.29, 0.717) is 47.6 Å². The van der Waals surface area contributed by atoms with Gasteiger partial charge in [-0.2, -0.15) is 4.31 Å². The summed E-state index contributed by atoms with van der Waals surface area (Å²) in [7, 11) is -3.91. The normalized spacial score (nSPS) is 20.0. The molecule has 192 valence electrons. The molecule has 0 bridgehead atoms. The highest BCUT2D eigenvalue weighted by atomic mass is 32.2. The quantitative estimate of drug-likeness (QED) is 0.566. The summed E-state index contributed by atoms with van der Waals surface area (Å²) in [5, 5.41) is 5.53. The minimum Gasteiger partial charge on any atom is -0.479 e. The minimum absolute atomic E-state index is 0.0413. The van der Waals surface area contributed by atoms with Gasteiger partial charge in [0.05, 0.1) is 28.7 Å². The van der Waals surface area contributed by atoms with Gasteiger partial charge in [-0.05, 0) is 69.5 Å². The molecule has 10 nitrogen and oxygen atoms in total. The van der Waals surface area contributed by atoms with E-state index in [1.165, 1.54) is 10.4 Å². The number of carbonyl (C=O) groups excluding carboxylic acids is 3. The highest BCUT2D eigenvalue weighted by molar-refractivity contribution is 7.89. The highest BCUT2D eigenvalue weighted by Crippen LogP contribution is 2.36. The average molecular weight is 516 g/mol. The standard InChI is InChI=1S/C25H29N3O7S/c1-4-34-25(31)17-7-9-19(10-8-17)26-24(30)18-6-5-11-28(14-18)36(32,33)22-13-21-20(12-15(22)2)27-23(29)16(3)35-21/h7-10,12-13,16,18H,4-6,11,14H2,1-3H3,(H,26,30)(H,27,29). The monoisotopic (exact) mass is 515 g/mol. The summed E-state index contributed by atoms with van der Waals surface area (Å²) in [4.78, 5) is 36.7. The van der Waals surface area contributed by atoms with Crippen LogP contribution in [0.2, 0.25) is 0 Å². The van der Waals surface area contributed by atoms with Gasteiger partial charge >= 0.3 is 5.97 Å². The van der Waals surface area contributed by atoms with Gasteiger partial charge in [-0.25, -0.2) is 13.2 Å². The Kier molecular flexibility index (Phi) is 7.32. The molecule has 2 aromatic rings. The van der Waals surface area contributed by atoms with Crippen molar-refractivity contribution in [3.63, 3.8) is 0 Å². The van der Waals surface area contributed by atoms with E-state index in [4.69, 9.17) is 9.47 Å². The van der Waals surface area contributed by atoms with Gasteiger partial charge < -0.3 is 20.1 Å². The molecule has 2 aromatic carbocycles. The number of amides is 2. The van der Waals surface area contributed by atoms with Gasteiger partial charge in [-0.15, -0.1) is 0 Å². The summed E-state index contributed by atoms with van der Waals surface area (Å²) < 4.78 is 38.9. The SMILES string of the molecule is CCOC(=O)c1ccc(NC(=O)C2CCCN(S(=O)(=O)c3cc4c(cc3C)NC(=O)C(C)O4)C2)cc1. The topological polar surface area (TPSA) is 131 Å². The van der Waals surface area contributed by atoms with Gasteiger partial charge in [0.2, 0.25) is 15.9 Å². The van der Waals surface area contributed by atoms with Gasteiger partial charge in [0.25, 0.3) is 5.91 Å². The molecule has 2 aliphatic rings. The van der Waals surface area contributed by atoms with Crippen molar-refractivity contribution in [2.45, 2.75) is 44.6 Å². The smallest absolute Gasteiger partial charge is 0.338 e. The molecule has 2 amide bonds. The van der Waals surface area contributed by atoms with E-state index < -0.39 is 28.0 Å². The molecule has 2 aliphatic heterocycles. The number of carbonyl (C=O) groups is 3. The van der Waals surface area contributed by atoms with E-state index in [9.17, 15) is 22.8 Å². The first-order chi connectivity index (χ1) is 17.1. The molecule has 2 unspecified atom stereocenters. The molecule has 2 heterocycles. The Labute approximate surface area is 210 Å². The van der Waals surface area contributed by atoms with Gasteiger partial charge in [-0.3, -0.25) is 9.59 Å². The fourth-order valence-electron chi connectivity index (χ4n) is 4.28. The molecule has 36 heavy (non-hydrogen) atoms. The maximum Gasteiger partial charge on any atom is 0.338 e. The maximum atomic E-state index is 13.5. The minimum atomic E-state index is -3.91. The van der Waals surface area contributed by atoms with Crippen molar-refractivity contribution in [2.75, 3.05) is 30.3 Å². The van der Waals surface area contributed by atoms with Crippen LogP contribution in [0.4, 0.5) is 11.4 Å². The number of sulfonamides is 1. The summed E-state index contributed by atoms with van der Waals surface area (Å²) >= 11 is 0. The number of esters is 1. The Morgan fingerprint density at radius 1 is 1.22 bits per heavy atom. The first kappa shape index (κ1) is 25.6. The third kappa shape index (κ3) is 5.21. The number of benzene rings is 2. The van der Waals surface area contributed by atoms with Crippen molar-refractivity contribution in [3.8, 4) is 5.75 Å². The van der Waals surface area contributed by atoms with Crippen molar-refractivity contribution in [2.24, 2.45) is 5.92 Å². The number of fused-ring (bicyclic) bond motifs is 1. The average Bonchev–Trinajstić information content (AvgIpc) is 2.85. The lowest BCUT2D eigenvalue weighted by Gasteiger charge is -2.32. The number of nitrogens with one attached hydrogen (secondary N) is 2. The van der Waals surface area contributed by atoms with E-state index in [-0.39, 0.29) is 29.9 Å². The molecular weight excluding hydrogens is 486 g/mol. The highest BCUT2D eigenvalue weighted by Gasteiger charge is 2.35. The van der Waals surface area contributed by atoms with E-state index in [2.05, 4.69) is 10.6 Å². The summed E-state index contributed by atoms with van der Waals surface area (Å²) in [6, 6.07) is 9.37. The lowest BCUT2D eigenvalue weighted by molar-refractivity contribution is -0.123. The van der Waals surface area contributed by atoms with Crippen LogP contribution in [0.25, 0.3) is 0 Å². The van der Waals surface area contributed by atoms with Crippen LogP contribution in [0, 0.1) is 12.8 Å².